The summed E-state index contributed by atoms with van der Waals surface area (Å²) in [5.41, 5.74) is 2.02. The van der Waals surface area contributed by atoms with Gasteiger partial charge in [0.05, 0.1) is 13.0 Å². The molecule has 1 saturated heterocycles. The number of ether oxygens (including phenoxy) is 1. The van der Waals surface area contributed by atoms with Crippen molar-refractivity contribution in [2.75, 3.05) is 37.0 Å². The molecule has 0 unspecified atom stereocenters. The van der Waals surface area contributed by atoms with Crippen LogP contribution in [0.2, 0.25) is 0 Å². The van der Waals surface area contributed by atoms with Gasteiger partial charge in [0.1, 0.15) is 11.6 Å². The number of carboxylic acid groups (broad SMARTS) is 1. The topological polar surface area (TPSA) is 87.6 Å². The minimum Gasteiger partial charge on any atom is -0.496 e. The van der Waals surface area contributed by atoms with Crippen molar-refractivity contribution in [3.63, 3.8) is 0 Å². The lowest BCUT2D eigenvalue weighted by Gasteiger charge is -2.31. The molecule has 3 rings (SSSR count). The van der Waals surface area contributed by atoms with E-state index in [1.807, 2.05) is 31.2 Å². The van der Waals surface area contributed by atoms with Crippen molar-refractivity contribution in [3.05, 3.63) is 41.6 Å². The second-order valence-electron chi connectivity index (χ2n) is 6.78. The number of benzene rings is 1. The molecular weight excluding hydrogens is 344 g/mol. The number of piperidine rings is 1. The molecule has 7 nitrogen and oxygen atoms in total. The molecule has 1 aromatic carbocycles. The SMILES string of the molecule is COc1ccccc1CCNc1nc(C)cc(N2CCC(C(=O)O)CC2)n1. The van der Waals surface area contributed by atoms with Crippen LogP contribution in [0.3, 0.4) is 0 Å². The number of hydrogen-bond acceptors (Lipinski definition) is 6. The van der Waals surface area contributed by atoms with Crippen LogP contribution in [0.5, 0.6) is 5.75 Å². The van der Waals surface area contributed by atoms with Gasteiger partial charge in [-0.1, -0.05) is 18.2 Å². The van der Waals surface area contributed by atoms with Gasteiger partial charge in [-0.15, -0.1) is 0 Å². The maximum absolute atomic E-state index is 11.1. The van der Waals surface area contributed by atoms with Gasteiger partial charge < -0.3 is 20.1 Å². The van der Waals surface area contributed by atoms with Crippen LogP contribution >= 0.6 is 0 Å². The third-order valence-electron chi connectivity index (χ3n) is 4.88. The van der Waals surface area contributed by atoms with E-state index in [2.05, 4.69) is 26.3 Å². The first-order valence-corrected chi connectivity index (χ1v) is 9.26. The summed E-state index contributed by atoms with van der Waals surface area (Å²) in [6.07, 6.45) is 2.10. The van der Waals surface area contributed by atoms with Crippen molar-refractivity contribution in [3.8, 4) is 5.75 Å². The lowest BCUT2D eigenvalue weighted by molar-refractivity contribution is -0.142. The summed E-state index contributed by atoms with van der Waals surface area (Å²) < 4.78 is 5.38. The highest BCUT2D eigenvalue weighted by Crippen LogP contribution is 2.23. The van der Waals surface area contributed by atoms with E-state index in [1.54, 1.807) is 7.11 Å². The minimum atomic E-state index is -0.702. The molecule has 2 aromatic rings. The van der Waals surface area contributed by atoms with Crippen LogP contribution in [0.25, 0.3) is 0 Å². The fraction of sp³-hybridized carbons (Fsp3) is 0.450. The number of para-hydroxylation sites is 1. The van der Waals surface area contributed by atoms with Gasteiger partial charge in [0.25, 0.3) is 0 Å². The van der Waals surface area contributed by atoms with Gasteiger partial charge in [-0.25, -0.2) is 4.98 Å². The Morgan fingerprint density at radius 1 is 1.30 bits per heavy atom. The number of carboxylic acids is 1. The molecule has 0 bridgehead atoms. The molecule has 0 amide bonds. The van der Waals surface area contributed by atoms with Crippen molar-refractivity contribution in [2.45, 2.75) is 26.2 Å². The molecule has 7 heteroatoms. The van der Waals surface area contributed by atoms with Crippen molar-refractivity contribution in [1.29, 1.82) is 0 Å². The van der Waals surface area contributed by atoms with Gasteiger partial charge in [0.2, 0.25) is 5.95 Å². The van der Waals surface area contributed by atoms with Crippen LogP contribution in [-0.2, 0) is 11.2 Å². The Morgan fingerprint density at radius 2 is 2.04 bits per heavy atom. The highest BCUT2D eigenvalue weighted by atomic mass is 16.5. The Balaban J connectivity index is 1.61. The van der Waals surface area contributed by atoms with E-state index < -0.39 is 5.97 Å². The van der Waals surface area contributed by atoms with Gasteiger partial charge in [0.15, 0.2) is 0 Å². The predicted molar refractivity (Wildman–Crippen MR) is 105 cm³/mol. The number of aromatic nitrogens is 2. The number of rotatable bonds is 7. The van der Waals surface area contributed by atoms with E-state index in [9.17, 15) is 4.79 Å². The lowest BCUT2D eigenvalue weighted by Crippen LogP contribution is -2.37. The molecule has 1 fully saturated rings. The van der Waals surface area contributed by atoms with Crippen molar-refractivity contribution >= 4 is 17.7 Å². The van der Waals surface area contributed by atoms with E-state index in [1.165, 1.54) is 0 Å². The van der Waals surface area contributed by atoms with Gasteiger partial charge >= 0.3 is 5.97 Å². The predicted octanol–water partition coefficient (Wildman–Crippen LogP) is 2.75. The summed E-state index contributed by atoms with van der Waals surface area (Å²) in [6, 6.07) is 9.92. The number of hydrogen-bond donors (Lipinski definition) is 2. The molecule has 0 atom stereocenters. The summed E-state index contributed by atoms with van der Waals surface area (Å²) in [7, 11) is 1.68. The quantitative estimate of drug-likeness (QED) is 0.775. The molecule has 1 aromatic heterocycles. The molecular formula is C20H26N4O3. The molecule has 0 aliphatic carbocycles. The summed E-state index contributed by atoms with van der Waals surface area (Å²) in [5.74, 6) is 1.38. The van der Waals surface area contributed by atoms with E-state index in [0.717, 1.165) is 29.2 Å². The Bertz CT molecular complexity index is 789. The number of nitrogens with zero attached hydrogens (tertiary/aromatic N) is 3. The van der Waals surface area contributed by atoms with E-state index in [-0.39, 0.29) is 5.92 Å². The van der Waals surface area contributed by atoms with Crippen molar-refractivity contribution < 1.29 is 14.6 Å². The molecule has 0 saturated carbocycles. The number of aryl methyl sites for hydroxylation is 1. The molecule has 27 heavy (non-hydrogen) atoms. The van der Waals surface area contributed by atoms with Crippen LogP contribution in [0.15, 0.2) is 30.3 Å². The van der Waals surface area contributed by atoms with Crippen LogP contribution in [0.4, 0.5) is 11.8 Å². The summed E-state index contributed by atoms with van der Waals surface area (Å²) in [4.78, 5) is 22.4. The number of aliphatic carboxylic acids is 1. The standard InChI is InChI=1S/C20H26N4O3/c1-14-13-18(24-11-8-16(9-12-24)19(25)26)23-20(22-14)21-10-7-15-5-3-4-6-17(15)27-2/h3-6,13,16H,7-12H2,1-2H3,(H,25,26)(H,21,22,23). The number of nitrogens with one attached hydrogen (secondary N) is 1. The number of methoxy groups -OCH3 is 1. The highest BCUT2D eigenvalue weighted by Gasteiger charge is 2.25. The Labute approximate surface area is 159 Å². The molecule has 2 N–H and O–H groups in total. The van der Waals surface area contributed by atoms with Gasteiger partial charge in [-0.2, -0.15) is 4.98 Å². The first-order valence-electron chi connectivity index (χ1n) is 9.26. The molecule has 0 radical (unpaired) electrons. The third kappa shape index (κ3) is 4.87. The van der Waals surface area contributed by atoms with E-state index >= 15 is 0 Å². The second-order valence-corrected chi connectivity index (χ2v) is 6.78. The van der Waals surface area contributed by atoms with Gasteiger partial charge in [-0.05, 0) is 37.8 Å². The Kier molecular flexibility index (Phi) is 6.11. The smallest absolute Gasteiger partial charge is 0.306 e. The molecule has 2 heterocycles. The van der Waals surface area contributed by atoms with Crippen LogP contribution in [-0.4, -0.2) is 47.8 Å². The monoisotopic (exact) mass is 370 g/mol. The highest BCUT2D eigenvalue weighted by molar-refractivity contribution is 5.70. The average Bonchev–Trinajstić information content (AvgIpc) is 2.68. The molecule has 0 spiro atoms. The third-order valence-corrected chi connectivity index (χ3v) is 4.88. The fourth-order valence-electron chi connectivity index (χ4n) is 3.37. The van der Waals surface area contributed by atoms with Crippen LogP contribution < -0.4 is 15.0 Å². The van der Waals surface area contributed by atoms with Crippen LogP contribution in [0, 0.1) is 12.8 Å². The molecule has 1 aliphatic heterocycles. The second kappa shape index (κ2) is 8.70. The normalized spacial score (nSPS) is 14.8. The van der Waals surface area contributed by atoms with E-state index in [4.69, 9.17) is 9.84 Å². The first-order chi connectivity index (χ1) is 13.1. The Morgan fingerprint density at radius 3 is 2.74 bits per heavy atom. The van der Waals surface area contributed by atoms with E-state index in [0.29, 0.717) is 38.4 Å². The summed E-state index contributed by atoms with van der Waals surface area (Å²) in [5, 5.41) is 12.4. The summed E-state index contributed by atoms with van der Waals surface area (Å²) >= 11 is 0. The van der Waals surface area contributed by atoms with Gasteiger partial charge in [-0.3, -0.25) is 4.79 Å². The average molecular weight is 370 g/mol. The zero-order valence-electron chi connectivity index (χ0n) is 15.8. The lowest BCUT2D eigenvalue weighted by atomic mass is 9.97. The number of carbonyl (C=O) groups is 1. The minimum absolute atomic E-state index is 0.248. The zero-order valence-corrected chi connectivity index (χ0v) is 15.8. The molecule has 144 valence electrons. The first kappa shape index (κ1) is 18.9. The van der Waals surface area contributed by atoms with Gasteiger partial charge in [0, 0.05) is 31.4 Å². The maximum Gasteiger partial charge on any atom is 0.306 e. The van der Waals surface area contributed by atoms with Crippen LogP contribution in [0.1, 0.15) is 24.1 Å². The Hall–Kier alpha value is -2.83. The fourth-order valence-corrected chi connectivity index (χ4v) is 3.37. The zero-order chi connectivity index (χ0) is 19.2. The van der Waals surface area contributed by atoms with Crippen molar-refractivity contribution in [2.24, 2.45) is 5.92 Å². The maximum atomic E-state index is 11.1. The largest absolute Gasteiger partial charge is 0.496 e. The summed E-state index contributed by atoms with van der Waals surface area (Å²) in [6.45, 7) is 4.05. The van der Waals surface area contributed by atoms with Crippen molar-refractivity contribution in [1.82, 2.24) is 9.97 Å². The molecule has 1 aliphatic rings. The number of anilines is 2.